The molecule has 2 aliphatic heterocycles. The van der Waals surface area contributed by atoms with Crippen LogP contribution in [0.25, 0.3) is 0 Å². The Balaban J connectivity index is 1.51. The highest BCUT2D eigenvalue weighted by atomic mass is 16.2. The lowest BCUT2D eigenvalue weighted by atomic mass is 9.95. The summed E-state index contributed by atoms with van der Waals surface area (Å²) in [6.07, 6.45) is 1.99. The van der Waals surface area contributed by atoms with Crippen molar-refractivity contribution in [2.75, 3.05) is 26.7 Å². The standard InChI is InChI=1S/C16H23N3O/c1-19-7-6-12(11-19)9-18-16(20)15-8-13-4-2-3-5-14(13)10-17-15/h2-5,12,15,17H,6-11H2,1H3,(H,18,20)/t12?,15-/m0/s1. The summed E-state index contributed by atoms with van der Waals surface area (Å²) in [5.74, 6) is 0.758. The molecule has 1 amide bonds. The summed E-state index contributed by atoms with van der Waals surface area (Å²) in [4.78, 5) is 14.6. The number of hydrogen-bond donors (Lipinski definition) is 2. The first kappa shape index (κ1) is 13.6. The van der Waals surface area contributed by atoms with Gasteiger partial charge in [0.1, 0.15) is 0 Å². The Morgan fingerprint density at radius 2 is 2.20 bits per heavy atom. The second-order valence-corrected chi connectivity index (χ2v) is 6.07. The summed E-state index contributed by atoms with van der Waals surface area (Å²) < 4.78 is 0. The quantitative estimate of drug-likeness (QED) is 0.855. The third-order valence-corrected chi connectivity index (χ3v) is 4.45. The number of benzene rings is 1. The van der Waals surface area contributed by atoms with Gasteiger partial charge >= 0.3 is 0 Å². The molecule has 0 aromatic heterocycles. The number of hydrogen-bond acceptors (Lipinski definition) is 3. The van der Waals surface area contributed by atoms with Gasteiger partial charge in [-0.2, -0.15) is 0 Å². The lowest BCUT2D eigenvalue weighted by Gasteiger charge is -2.25. The van der Waals surface area contributed by atoms with Gasteiger partial charge in [-0.1, -0.05) is 24.3 Å². The van der Waals surface area contributed by atoms with Gasteiger partial charge in [0.2, 0.25) is 5.91 Å². The van der Waals surface area contributed by atoms with Crippen LogP contribution in [0.5, 0.6) is 0 Å². The van der Waals surface area contributed by atoms with Crippen LogP contribution in [0.15, 0.2) is 24.3 Å². The molecule has 0 spiro atoms. The molecule has 2 heterocycles. The van der Waals surface area contributed by atoms with Gasteiger partial charge in [0.05, 0.1) is 6.04 Å². The van der Waals surface area contributed by atoms with Gasteiger partial charge < -0.3 is 15.5 Å². The highest BCUT2D eigenvalue weighted by Gasteiger charge is 2.25. The van der Waals surface area contributed by atoms with Crippen LogP contribution in [0.4, 0.5) is 0 Å². The van der Waals surface area contributed by atoms with Gasteiger partial charge in [-0.25, -0.2) is 0 Å². The van der Waals surface area contributed by atoms with Crippen molar-refractivity contribution in [1.29, 1.82) is 0 Å². The van der Waals surface area contributed by atoms with Crippen molar-refractivity contribution in [2.45, 2.75) is 25.4 Å². The van der Waals surface area contributed by atoms with Crippen molar-refractivity contribution < 1.29 is 4.79 Å². The second kappa shape index (κ2) is 5.94. The Hall–Kier alpha value is -1.39. The number of rotatable bonds is 3. The highest BCUT2D eigenvalue weighted by molar-refractivity contribution is 5.82. The van der Waals surface area contributed by atoms with Crippen LogP contribution in [0.2, 0.25) is 0 Å². The van der Waals surface area contributed by atoms with Crippen molar-refractivity contribution in [3.8, 4) is 0 Å². The third kappa shape index (κ3) is 3.02. The van der Waals surface area contributed by atoms with E-state index < -0.39 is 0 Å². The molecule has 20 heavy (non-hydrogen) atoms. The SMILES string of the molecule is CN1CCC(CNC(=O)[C@@H]2Cc3ccccc3CN2)C1. The first-order valence-electron chi connectivity index (χ1n) is 7.49. The van der Waals surface area contributed by atoms with Crippen LogP contribution in [0.1, 0.15) is 17.5 Å². The summed E-state index contributed by atoms with van der Waals surface area (Å²) in [6.45, 7) is 3.85. The van der Waals surface area contributed by atoms with Gasteiger partial charge in [-0.3, -0.25) is 4.79 Å². The van der Waals surface area contributed by atoms with E-state index >= 15 is 0 Å². The molecule has 0 radical (unpaired) electrons. The van der Waals surface area contributed by atoms with E-state index in [1.54, 1.807) is 0 Å². The van der Waals surface area contributed by atoms with Crippen LogP contribution < -0.4 is 10.6 Å². The van der Waals surface area contributed by atoms with E-state index in [1.807, 2.05) is 6.07 Å². The predicted octanol–water partition coefficient (Wildman–Crippen LogP) is 0.769. The van der Waals surface area contributed by atoms with Gasteiger partial charge in [0.25, 0.3) is 0 Å². The molecule has 2 atom stereocenters. The average molecular weight is 273 g/mol. The summed E-state index contributed by atoms with van der Waals surface area (Å²) >= 11 is 0. The largest absolute Gasteiger partial charge is 0.354 e. The number of carbonyl (C=O) groups is 1. The molecule has 3 rings (SSSR count). The maximum Gasteiger partial charge on any atom is 0.237 e. The fraction of sp³-hybridized carbons (Fsp3) is 0.562. The first-order valence-corrected chi connectivity index (χ1v) is 7.49. The van der Waals surface area contributed by atoms with Gasteiger partial charge in [0, 0.05) is 19.6 Å². The topological polar surface area (TPSA) is 44.4 Å². The molecule has 2 N–H and O–H groups in total. The average Bonchev–Trinajstić information content (AvgIpc) is 2.90. The lowest BCUT2D eigenvalue weighted by molar-refractivity contribution is -0.123. The third-order valence-electron chi connectivity index (χ3n) is 4.45. The second-order valence-electron chi connectivity index (χ2n) is 6.07. The smallest absolute Gasteiger partial charge is 0.237 e. The molecule has 4 heteroatoms. The Bertz CT molecular complexity index is 488. The molecule has 108 valence electrons. The van der Waals surface area contributed by atoms with E-state index in [4.69, 9.17) is 0 Å². The molecule has 1 saturated heterocycles. The molecule has 1 unspecified atom stereocenters. The van der Waals surface area contributed by atoms with E-state index in [1.165, 1.54) is 17.5 Å². The zero-order valence-electron chi connectivity index (χ0n) is 12.1. The summed E-state index contributed by atoms with van der Waals surface area (Å²) in [7, 11) is 2.14. The number of likely N-dealkylation sites (tertiary alicyclic amines) is 1. The van der Waals surface area contributed by atoms with Crippen molar-refractivity contribution >= 4 is 5.91 Å². The van der Waals surface area contributed by atoms with E-state index in [2.05, 4.69) is 40.8 Å². The van der Waals surface area contributed by atoms with Gasteiger partial charge in [0.15, 0.2) is 0 Å². The van der Waals surface area contributed by atoms with E-state index in [0.717, 1.165) is 32.6 Å². The Morgan fingerprint density at radius 3 is 2.95 bits per heavy atom. The monoisotopic (exact) mass is 273 g/mol. The molecular weight excluding hydrogens is 250 g/mol. The van der Waals surface area contributed by atoms with Crippen LogP contribution in [-0.4, -0.2) is 43.5 Å². The van der Waals surface area contributed by atoms with Gasteiger partial charge in [-0.05, 0) is 43.5 Å². The molecular formula is C16H23N3O. The number of fused-ring (bicyclic) bond motifs is 1. The minimum absolute atomic E-state index is 0.0796. The minimum Gasteiger partial charge on any atom is -0.354 e. The molecule has 0 saturated carbocycles. The molecule has 0 aliphatic carbocycles. The first-order chi connectivity index (χ1) is 9.72. The van der Waals surface area contributed by atoms with Gasteiger partial charge in [-0.15, -0.1) is 0 Å². The molecule has 1 fully saturated rings. The molecule has 1 aromatic rings. The fourth-order valence-corrected chi connectivity index (χ4v) is 3.20. The minimum atomic E-state index is -0.0796. The van der Waals surface area contributed by atoms with Crippen LogP contribution in [0.3, 0.4) is 0 Å². The molecule has 2 aliphatic rings. The maximum absolute atomic E-state index is 12.3. The zero-order valence-corrected chi connectivity index (χ0v) is 12.1. The molecule has 1 aromatic carbocycles. The Labute approximate surface area is 120 Å². The Morgan fingerprint density at radius 1 is 1.40 bits per heavy atom. The normalized spacial score (nSPS) is 26.2. The zero-order chi connectivity index (χ0) is 13.9. The van der Waals surface area contributed by atoms with E-state index in [9.17, 15) is 4.79 Å². The van der Waals surface area contributed by atoms with Crippen molar-refractivity contribution in [1.82, 2.24) is 15.5 Å². The van der Waals surface area contributed by atoms with Crippen LogP contribution in [0, 0.1) is 5.92 Å². The lowest BCUT2D eigenvalue weighted by Crippen LogP contribution is -2.48. The summed E-state index contributed by atoms with van der Waals surface area (Å²) in [5, 5.41) is 6.45. The van der Waals surface area contributed by atoms with Crippen LogP contribution >= 0.6 is 0 Å². The number of nitrogens with zero attached hydrogens (tertiary/aromatic N) is 1. The van der Waals surface area contributed by atoms with Crippen LogP contribution in [-0.2, 0) is 17.8 Å². The maximum atomic E-state index is 12.3. The number of nitrogens with one attached hydrogen (secondary N) is 2. The number of carbonyl (C=O) groups excluding carboxylic acids is 1. The molecule has 0 bridgehead atoms. The van der Waals surface area contributed by atoms with E-state index in [-0.39, 0.29) is 11.9 Å². The fourth-order valence-electron chi connectivity index (χ4n) is 3.20. The van der Waals surface area contributed by atoms with Crippen molar-refractivity contribution in [2.24, 2.45) is 5.92 Å². The highest BCUT2D eigenvalue weighted by Crippen LogP contribution is 2.17. The Kier molecular flexibility index (Phi) is 4.03. The van der Waals surface area contributed by atoms with Crippen molar-refractivity contribution in [3.63, 3.8) is 0 Å². The number of amides is 1. The molecule has 4 nitrogen and oxygen atoms in total. The van der Waals surface area contributed by atoms with Crippen molar-refractivity contribution in [3.05, 3.63) is 35.4 Å². The van der Waals surface area contributed by atoms with E-state index in [0.29, 0.717) is 5.92 Å². The predicted molar refractivity (Wildman–Crippen MR) is 79.4 cm³/mol. The summed E-state index contributed by atoms with van der Waals surface area (Å²) in [6, 6.07) is 8.28. The summed E-state index contributed by atoms with van der Waals surface area (Å²) in [5.41, 5.74) is 2.61.